The zero-order valence-electron chi connectivity index (χ0n) is 53.9. The van der Waals surface area contributed by atoms with Crippen molar-refractivity contribution in [2.75, 3.05) is 0 Å². The van der Waals surface area contributed by atoms with Crippen LogP contribution in [0.2, 0.25) is 0 Å². The van der Waals surface area contributed by atoms with Crippen LogP contribution in [0.5, 0.6) is 23.0 Å². The molecule has 480 valence electrons. The molecule has 0 heterocycles. The molecular weight excluding hydrogens is 1240 g/mol. The third-order valence-corrected chi connectivity index (χ3v) is 17.4. The van der Waals surface area contributed by atoms with Gasteiger partial charge < -0.3 is 29.2 Å². The first-order valence-electron chi connectivity index (χ1n) is 32.5. The molecule has 2 N–H and O–H groups in total. The Hall–Kier alpha value is -13.6. The number of fused-ring (bicyclic) bond motifs is 4. The SMILES string of the molecule is O=C(O)O.O=C(Oc1ccc(-c2ccc(-c3ccc4ccccc4c3)cc2)cc1)Oc1ccc(-c2ccc(-c3ccc4ccccc4c3)cc2)cc1.O=C(Oc1ccc(-c2ccc(-c3ccc4ccccc4c3)cc2)cc1)Oc1ccc(-c2ccc(-c3ccc4ccccc4c3)cc2)cc1. The van der Waals surface area contributed by atoms with E-state index in [0.717, 1.165) is 66.8 Å². The second-order valence-electron chi connectivity index (χ2n) is 23.8. The lowest BCUT2D eigenvalue weighted by Gasteiger charge is -2.09. The Balaban J connectivity index is 0.000000162. The molecular formula is C91H62O9. The minimum atomic E-state index is -1.83. The maximum absolute atomic E-state index is 12.6. The molecule has 16 aromatic carbocycles. The molecule has 0 radical (unpaired) electrons. The molecule has 16 aromatic rings. The molecule has 9 nitrogen and oxygen atoms in total. The fraction of sp³-hybridized carbons (Fsp3) is 0. The van der Waals surface area contributed by atoms with Gasteiger partial charge in [-0.15, -0.1) is 0 Å². The van der Waals surface area contributed by atoms with Gasteiger partial charge in [-0.2, -0.15) is 0 Å². The second-order valence-corrected chi connectivity index (χ2v) is 23.8. The number of carbonyl (C=O) groups is 3. The van der Waals surface area contributed by atoms with Crippen molar-refractivity contribution in [3.8, 4) is 112 Å². The predicted octanol–water partition coefficient (Wildman–Crippen LogP) is 24.7. The summed E-state index contributed by atoms with van der Waals surface area (Å²) in [4.78, 5) is 33.7. The lowest BCUT2D eigenvalue weighted by atomic mass is 9.98. The topological polar surface area (TPSA) is 129 Å². The maximum atomic E-state index is 12.6. The van der Waals surface area contributed by atoms with Crippen LogP contribution in [0.3, 0.4) is 0 Å². The summed E-state index contributed by atoms with van der Waals surface area (Å²) in [6, 6.07) is 123. The highest BCUT2D eigenvalue weighted by Gasteiger charge is 2.13. The highest BCUT2D eigenvalue weighted by molar-refractivity contribution is 5.91. The number of hydrogen-bond donors (Lipinski definition) is 2. The van der Waals surface area contributed by atoms with Gasteiger partial charge in [-0.25, -0.2) is 14.4 Å². The summed E-state index contributed by atoms with van der Waals surface area (Å²) in [6.45, 7) is 0. The molecule has 16 rings (SSSR count). The highest BCUT2D eigenvalue weighted by Crippen LogP contribution is 2.35. The van der Waals surface area contributed by atoms with Crippen molar-refractivity contribution in [2.24, 2.45) is 0 Å². The van der Waals surface area contributed by atoms with E-state index in [4.69, 9.17) is 34.0 Å². The molecule has 0 saturated heterocycles. The van der Waals surface area contributed by atoms with Crippen molar-refractivity contribution in [2.45, 2.75) is 0 Å². The van der Waals surface area contributed by atoms with E-state index >= 15 is 0 Å². The molecule has 0 spiro atoms. The van der Waals surface area contributed by atoms with Gasteiger partial charge in [0.1, 0.15) is 23.0 Å². The lowest BCUT2D eigenvalue weighted by molar-refractivity contribution is 0.136. The first-order chi connectivity index (χ1) is 49.0. The molecule has 0 aliphatic rings. The van der Waals surface area contributed by atoms with Crippen LogP contribution in [0.15, 0.2) is 364 Å². The molecule has 9 heteroatoms. The van der Waals surface area contributed by atoms with Gasteiger partial charge >= 0.3 is 18.5 Å². The molecule has 0 fully saturated rings. The third-order valence-electron chi connectivity index (χ3n) is 17.4. The number of ether oxygens (including phenoxy) is 4. The summed E-state index contributed by atoms with van der Waals surface area (Å²) in [6.07, 6.45) is -3.40. The minimum Gasteiger partial charge on any atom is -0.450 e. The van der Waals surface area contributed by atoms with Crippen LogP contribution in [-0.2, 0) is 0 Å². The zero-order valence-corrected chi connectivity index (χ0v) is 53.9. The number of rotatable bonds is 12. The van der Waals surface area contributed by atoms with Gasteiger partial charge in [0.25, 0.3) is 0 Å². The molecule has 100 heavy (non-hydrogen) atoms. The normalized spacial score (nSPS) is 10.8. The van der Waals surface area contributed by atoms with Crippen molar-refractivity contribution >= 4 is 61.6 Å². The Morgan fingerprint density at radius 2 is 0.300 bits per heavy atom. The van der Waals surface area contributed by atoms with Crippen LogP contribution in [0.1, 0.15) is 0 Å². The third kappa shape index (κ3) is 15.5. The molecule has 0 amide bonds. The van der Waals surface area contributed by atoms with E-state index in [0.29, 0.717) is 23.0 Å². The Labute approximate surface area is 577 Å². The van der Waals surface area contributed by atoms with Crippen LogP contribution in [0, 0.1) is 0 Å². The van der Waals surface area contributed by atoms with Gasteiger partial charge in [-0.1, -0.05) is 291 Å². The molecule has 0 bridgehead atoms. The summed E-state index contributed by atoms with van der Waals surface area (Å²) in [5.41, 5.74) is 17.8. The first-order valence-corrected chi connectivity index (χ1v) is 32.5. The van der Waals surface area contributed by atoms with Crippen molar-refractivity contribution in [3.63, 3.8) is 0 Å². The first kappa shape index (κ1) is 63.7. The Morgan fingerprint density at radius 1 is 0.170 bits per heavy atom. The van der Waals surface area contributed by atoms with Crippen LogP contribution in [0.25, 0.3) is 132 Å². The Bertz CT molecular complexity index is 4870. The Morgan fingerprint density at radius 3 is 0.470 bits per heavy atom. The number of carboxylic acid groups (broad SMARTS) is 2. The number of carbonyl (C=O) groups excluding carboxylic acids is 2. The fourth-order valence-electron chi connectivity index (χ4n) is 12.2. The van der Waals surface area contributed by atoms with E-state index < -0.39 is 18.5 Å². The lowest BCUT2D eigenvalue weighted by Crippen LogP contribution is -2.13. The van der Waals surface area contributed by atoms with Gasteiger partial charge in [0.2, 0.25) is 0 Å². The molecule has 0 aliphatic heterocycles. The molecule has 0 unspecified atom stereocenters. The average molecular weight is 1300 g/mol. The van der Waals surface area contributed by atoms with Gasteiger partial charge in [-0.3, -0.25) is 0 Å². The van der Waals surface area contributed by atoms with Crippen LogP contribution < -0.4 is 18.9 Å². The molecule has 0 aromatic heterocycles. The van der Waals surface area contributed by atoms with Crippen molar-refractivity contribution < 1.29 is 43.5 Å². The van der Waals surface area contributed by atoms with Crippen LogP contribution >= 0.6 is 0 Å². The fourth-order valence-corrected chi connectivity index (χ4v) is 12.2. The van der Waals surface area contributed by atoms with E-state index in [2.05, 4.69) is 267 Å². The Kier molecular flexibility index (Phi) is 18.8. The molecule has 0 atom stereocenters. The number of hydrogen-bond acceptors (Lipinski definition) is 7. The van der Waals surface area contributed by atoms with E-state index in [1.54, 1.807) is 48.5 Å². The standard InChI is InChI=1S/2C45H30O3.CH2O3/c2*46-45(47-43-25-21-35(22-26-43)33-9-13-37(14-10-33)41-19-17-31-5-1-3-7-39(31)29-41)48-44-27-23-36(24-28-44)34-11-15-38(16-12-34)42-20-18-32-6-2-4-8-40(32)30-42;2-1(3)4/h2*1-30H;(H2,2,3,4). The number of benzene rings is 16. The summed E-state index contributed by atoms with van der Waals surface area (Å²) in [5, 5.41) is 23.8. The summed E-state index contributed by atoms with van der Waals surface area (Å²) >= 11 is 0. The van der Waals surface area contributed by atoms with Crippen LogP contribution in [0.4, 0.5) is 14.4 Å². The van der Waals surface area contributed by atoms with Crippen molar-refractivity contribution in [1.82, 2.24) is 0 Å². The van der Waals surface area contributed by atoms with Crippen molar-refractivity contribution in [1.29, 1.82) is 0 Å². The summed E-state index contributed by atoms with van der Waals surface area (Å²) in [7, 11) is 0. The van der Waals surface area contributed by atoms with E-state index in [9.17, 15) is 9.59 Å². The van der Waals surface area contributed by atoms with Gasteiger partial charge in [-0.05, 0) is 205 Å². The van der Waals surface area contributed by atoms with E-state index in [1.807, 2.05) is 48.5 Å². The average Bonchev–Trinajstić information content (AvgIpc) is 0.833. The van der Waals surface area contributed by atoms with Gasteiger partial charge in [0.15, 0.2) is 0 Å². The highest BCUT2D eigenvalue weighted by atomic mass is 16.7. The zero-order chi connectivity index (χ0) is 68.2. The largest absolute Gasteiger partial charge is 0.519 e. The minimum absolute atomic E-state index is 0.416. The van der Waals surface area contributed by atoms with E-state index in [-0.39, 0.29) is 0 Å². The summed E-state index contributed by atoms with van der Waals surface area (Å²) < 4.78 is 21.8. The molecule has 0 saturated carbocycles. The van der Waals surface area contributed by atoms with Crippen LogP contribution in [-0.4, -0.2) is 28.7 Å². The van der Waals surface area contributed by atoms with E-state index in [1.165, 1.54) is 65.3 Å². The summed E-state index contributed by atoms with van der Waals surface area (Å²) in [5.74, 6) is 1.67. The second kappa shape index (κ2) is 29.6. The van der Waals surface area contributed by atoms with Crippen molar-refractivity contribution in [3.05, 3.63) is 364 Å². The smallest absolute Gasteiger partial charge is 0.450 e. The predicted molar refractivity (Wildman–Crippen MR) is 403 cm³/mol. The molecule has 0 aliphatic carbocycles. The van der Waals surface area contributed by atoms with Gasteiger partial charge in [0, 0.05) is 0 Å². The quantitative estimate of drug-likeness (QED) is 0.0907. The van der Waals surface area contributed by atoms with Gasteiger partial charge in [0.05, 0.1) is 0 Å². The monoisotopic (exact) mass is 1300 g/mol. The maximum Gasteiger partial charge on any atom is 0.519 e.